The molecule has 1 atom stereocenters. The third-order valence-electron chi connectivity index (χ3n) is 4.69. The highest BCUT2D eigenvalue weighted by molar-refractivity contribution is 5.95. The Bertz CT molecular complexity index is 742. The fourth-order valence-electron chi connectivity index (χ4n) is 3.28. The van der Waals surface area contributed by atoms with Crippen LogP contribution < -0.4 is 10.1 Å². The van der Waals surface area contributed by atoms with Crippen molar-refractivity contribution in [3.05, 3.63) is 54.1 Å². The first-order valence-corrected chi connectivity index (χ1v) is 9.09. The van der Waals surface area contributed by atoms with E-state index in [1.807, 2.05) is 42.5 Å². The average molecular weight is 354 g/mol. The number of hydrogen-bond donors (Lipinski definition) is 2. The van der Waals surface area contributed by atoms with Crippen LogP contribution in [-0.4, -0.2) is 55.3 Å². The Balaban J connectivity index is 1.60. The Morgan fingerprint density at radius 3 is 2.58 bits per heavy atom. The normalized spacial score (nSPS) is 15.6. The molecular weight excluding hydrogens is 328 g/mol. The molecule has 2 aromatic rings. The van der Waals surface area contributed by atoms with Crippen LogP contribution in [0.15, 0.2) is 48.5 Å². The summed E-state index contributed by atoms with van der Waals surface area (Å²) in [6, 6.07) is 15.2. The van der Waals surface area contributed by atoms with Crippen LogP contribution in [0.2, 0.25) is 0 Å². The summed E-state index contributed by atoms with van der Waals surface area (Å²) in [7, 11) is 1.64. The monoisotopic (exact) mass is 354 g/mol. The number of likely N-dealkylation sites (tertiary alicyclic amines) is 1. The van der Waals surface area contributed by atoms with Crippen molar-refractivity contribution in [3.8, 4) is 16.9 Å². The van der Waals surface area contributed by atoms with Gasteiger partial charge in [-0.15, -0.1) is 0 Å². The molecule has 1 amide bonds. The molecule has 2 aromatic carbocycles. The molecule has 138 valence electrons. The lowest BCUT2D eigenvalue weighted by molar-refractivity contribution is 0.0879. The molecule has 1 heterocycles. The molecule has 0 aromatic heterocycles. The number of hydrogen-bond acceptors (Lipinski definition) is 4. The number of aliphatic hydroxyl groups is 1. The highest BCUT2D eigenvalue weighted by atomic mass is 16.5. The molecule has 0 bridgehead atoms. The van der Waals surface area contributed by atoms with Gasteiger partial charge in [0.1, 0.15) is 5.75 Å². The van der Waals surface area contributed by atoms with Crippen LogP contribution in [-0.2, 0) is 0 Å². The molecular formula is C21H26N2O3. The molecule has 1 fully saturated rings. The van der Waals surface area contributed by atoms with Gasteiger partial charge in [-0.1, -0.05) is 24.3 Å². The summed E-state index contributed by atoms with van der Waals surface area (Å²) >= 11 is 0. The van der Waals surface area contributed by atoms with Gasteiger partial charge in [0.05, 0.1) is 13.2 Å². The predicted octanol–water partition coefficient (Wildman–Crippen LogP) is 2.55. The number of β-amino-alcohol motifs (C(OH)–C–C–N with tert-alkyl or cyclic N) is 1. The number of methoxy groups -OCH3 is 1. The van der Waals surface area contributed by atoms with Crippen molar-refractivity contribution in [2.45, 2.75) is 18.9 Å². The Kier molecular flexibility index (Phi) is 6.26. The lowest BCUT2D eigenvalue weighted by atomic mass is 10.0. The molecule has 1 aliphatic heterocycles. The molecule has 0 spiro atoms. The summed E-state index contributed by atoms with van der Waals surface area (Å²) in [6.45, 7) is 2.95. The van der Waals surface area contributed by atoms with Gasteiger partial charge in [0.15, 0.2) is 0 Å². The Morgan fingerprint density at radius 1 is 1.15 bits per heavy atom. The van der Waals surface area contributed by atoms with Crippen molar-refractivity contribution in [1.82, 2.24) is 10.2 Å². The molecule has 1 aliphatic rings. The van der Waals surface area contributed by atoms with Crippen molar-refractivity contribution in [2.24, 2.45) is 0 Å². The van der Waals surface area contributed by atoms with E-state index in [1.54, 1.807) is 13.2 Å². The maximum atomic E-state index is 12.4. The van der Waals surface area contributed by atoms with Crippen LogP contribution in [0.5, 0.6) is 5.75 Å². The molecule has 5 heteroatoms. The SMILES string of the molecule is COc1cccc(-c2cccc(C(=O)NC[C@@H](O)CN3CCCC3)c2)c1. The lowest BCUT2D eigenvalue weighted by Crippen LogP contribution is -2.39. The largest absolute Gasteiger partial charge is 0.497 e. The number of nitrogens with one attached hydrogen (secondary N) is 1. The highest BCUT2D eigenvalue weighted by Crippen LogP contribution is 2.24. The van der Waals surface area contributed by atoms with Crippen molar-refractivity contribution >= 4 is 5.91 Å². The highest BCUT2D eigenvalue weighted by Gasteiger charge is 2.16. The first-order chi connectivity index (χ1) is 12.7. The van der Waals surface area contributed by atoms with E-state index in [4.69, 9.17) is 4.74 Å². The number of carbonyl (C=O) groups excluding carboxylic acids is 1. The standard InChI is InChI=1S/C21H26N2O3/c1-26-20-9-5-7-17(13-20)16-6-4-8-18(12-16)21(25)22-14-19(24)15-23-10-2-3-11-23/h4-9,12-13,19,24H,2-3,10-11,14-15H2,1H3,(H,22,25)/t19-/m1/s1. The van der Waals surface area contributed by atoms with E-state index < -0.39 is 6.10 Å². The topological polar surface area (TPSA) is 61.8 Å². The van der Waals surface area contributed by atoms with Crippen LogP contribution in [0.1, 0.15) is 23.2 Å². The molecule has 1 saturated heterocycles. The van der Waals surface area contributed by atoms with Gasteiger partial charge in [-0.25, -0.2) is 0 Å². The van der Waals surface area contributed by atoms with Crippen molar-refractivity contribution in [3.63, 3.8) is 0 Å². The smallest absolute Gasteiger partial charge is 0.251 e. The lowest BCUT2D eigenvalue weighted by Gasteiger charge is -2.19. The quantitative estimate of drug-likeness (QED) is 0.802. The van der Waals surface area contributed by atoms with Crippen molar-refractivity contribution < 1.29 is 14.6 Å². The third kappa shape index (κ3) is 4.84. The number of rotatable bonds is 7. The van der Waals surface area contributed by atoms with Crippen LogP contribution in [0.3, 0.4) is 0 Å². The van der Waals surface area contributed by atoms with Crippen LogP contribution in [0.4, 0.5) is 0 Å². The van der Waals surface area contributed by atoms with E-state index in [2.05, 4.69) is 10.2 Å². The van der Waals surface area contributed by atoms with Gasteiger partial charge in [0.2, 0.25) is 0 Å². The van der Waals surface area contributed by atoms with Gasteiger partial charge in [-0.2, -0.15) is 0 Å². The van der Waals surface area contributed by atoms with Gasteiger partial charge < -0.3 is 20.1 Å². The minimum absolute atomic E-state index is 0.171. The van der Waals surface area contributed by atoms with E-state index in [0.717, 1.165) is 30.0 Å². The predicted molar refractivity (Wildman–Crippen MR) is 102 cm³/mol. The summed E-state index contributed by atoms with van der Waals surface area (Å²) in [5.41, 5.74) is 2.53. The minimum atomic E-state index is -0.543. The van der Waals surface area contributed by atoms with Gasteiger partial charge in [0, 0.05) is 18.7 Å². The second kappa shape index (κ2) is 8.83. The Morgan fingerprint density at radius 2 is 1.85 bits per heavy atom. The number of amides is 1. The van der Waals surface area contributed by atoms with Gasteiger partial charge in [-0.3, -0.25) is 4.79 Å². The first kappa shape index (κ1) is 18.4. The van der Waals surface area contributed by atoms with Gasteiger partial charge in [0.25, 0.3) is 5.91 Å². The fraction of sp³-hybridized carbons (Fsp3) is 0.381. The summed E-state index contributed by atoms with van der Waals surface area (Å²) < 4.78 is 5.26. The van der Waals surface area contributed by atoms with E-state index in [-0.39, 0.29) is 12.5 Å². The van der Waals surface area contributed by atoms with Crippen LogP contribution >= 0.6 is 0 Å². The Hall–Kier alpha value is -2.37. The molecule has 3 rings (SSSR count). The minimum Gasteiger partial charge on any atom is -0.497 e. The first-order valence-electron chi connectivity index (χ1n) is 9.09. The number of aliphatic hydroxyl groups excluding tert-OH is 1. The maximum absolute atomic E-state index is 12.4. The number of nitrogens with zero attached hydrogens (tertiary/aromatic N) is 1. The third-order valence-corrected chi connectivity index (χ3v) is 4.69. The van der Waals surface area contributed by atoms with Crippen LogP contribution in [0, 0.1) is 0 Å². The molecule has 2 N–H and O–H groups in total. The summed E-state index contributed by atoms with van der Waals surface area (Å²) in [4.78, 5) is 14.7. The number of carbonyl (C=O) groups is 1. The molecule has 26 heavy (non-hydrogen) atoms. The van der Waals surface area contributed by atoms with Gasteiger partial charge >= 0.3 is 0 Å². The molecule has 0 saturated carbocycles. The number of ether oxygens (including phenoxy) is 1. The summed E-state index contributed by atoms with van der Waals surface area (Å²) in [6.07, 6.45) is 1.84. The Labute approximate surface area is 154 Å². The zero-order chi connectivity index (χ0) is 18.4. The van der Waals surface area contributed by atoms with Crippen molar-refractivity contribution in [2.75, 3.05) is 33.3 Å². The van der Waals surface area contributed by atoms with E-state index in [9.17, 15) is 9.90 Å². The molecule has 0 aliphatic carbocycles. The number of benzene rings is 2. The van der Waals surface area contributed by atoms with E-state index >= 15 is 0 Å². The second-order valence-electron chi connectivity index (χ2n) is 6.68. The van der Waals surface area contributed by atoms with Gasteiger partial charge in [-0.05, 0) is 61.3 Å². The summed E-state index contributed by atoms with van der Waals surface area (Å²) in [5, 5.41) is 13.0. The second-order valence-corrected chi connectivity index (χ2v) is 6.68. The van der Waals surface area contributed by atoms with E-state index in [0.29, 0.717) is 12.1 Å². The van der Waals surface area contributed by atoms with Crippen LogP contribution in [0.25, 0.3) is 11.1 Å². The summed E-state index contributed by atoms with van der Waals surface area (Å²) in [5.74, 6) is 0.609. The molecule has 5 nitrogen and oxygen atoms in total. The zero-order valence-corrected chi connectivity index (χ0v) is 15.1. The zero-order valence-electron chi connectivity index (χ0n) is 15.1. The average Bonchev–Trinajstić information content (AvgIpc) is 3.19. The molecule has 0 radical (unpaired) electrons. The van der Waals surface area contributed by atoms with E-state index in [1.165, 1.54) is 12.8 Å². The fourth-order valence-corrected chi connectivity index (χ4v) is 3.28. The molecule has 0 unspecified atom stereocenters. The van der Waals surface area contributed by atoms with Crippen molar-refractivity contribution in [1.29, 1.82) is 0 Å². The maximum Gasteiger partial charge on any atom is 0.251 e.